The molecule has 2 aromatic carbocycles. The van der Waals surface area contributed by atoms with E-state index in [1.54, 1.807) is 0 Å². The van der Waals surface area contributed by atoms with Crippen LogP contribution in [0.1, 0.15) is 27.2 Å². The summed E-state index contributed by atoms with van der Waals surface area (Å²) in [5.74, 6) is 1.78. The molecule has 148 valence electrons. The number of carbonyl (C=O) groups excluding carboxylic acids is 1. The lowest BCUT2D eigenvalue weighted by atomic mass is 10.1. The lowest BCUT2D eigenvalue weighted by Gasteiger charge is -2.35. The van der Waals surface area contributed by atoms with E-state index in [2.05, 4.69) is 28.9 Å². The van der Waals surface area contributed by atoms with Crippen molar-refractivity contribution in [3.8, 4) is 11.4 Å². The summed E-state index contributed by atoms with van der Waals surface area (Å²) in [5.41, 5.74) is 5.09. The molecule has 5 nitrogen and oxygen atoms in total. The smallest absolute Gasteiger partial charge is 0.253 e. The van der Waals surface area contributed by atoms with Gasteiger partial charge in [0, 0.05) is 49.1 Å². The monoisotopic (exact) mass is 386 g/mol. The van der Waals surface area contributed by atoms with Crippen molar-refractivity contribution in [3.63, 3.8) is 0 Å². The van der Waals surface area contributed by atoms with E-state index in [1.165, 1.54) is 5.56 Å². The van der Waals surface area contributed by atoms with Crippen LogP contribution in [-0.2, 0) is 0 Å². The minimum Gasteiger partial charge on any atom is -0.353 e. The Morgan fingerprint density at radius 2 is 1.55 bits per heavy atom. The fourth-order valence-corrected chi connectivity index (χ4v) is 3.64. The Balaban J connectivity index is 1.48. The quantitative estimate of drug-likeness (QED) is 0.682. The average molecular weight is 386 g/mol. The number of amides is 1. The summed E-state index contributed by atoms with van der Waals surface area (Å²) in [6.45, 7) is 9.02. The standard InChI is InChI=1S/C24H26N4O/c1-17-7-9-20(10-8-17)24(29)28-13-11-27(12-14-28)22-16-19(3)25-23(26-22)21-6-4-5-18(2)15-21/h4-10,15-16H,11-14H2,1-3H3. The Labute approximate surface area is 172 Å². The number of piperazine rings is 1. The van der Waals surface area contributed by atoms with Crippen molar-refractivity contribution in [2.75, 3.05) is 31.1 Å². The van der Waals surface area contributed by atoms with Crippen LogP contribution in [0.25, 0.3) is 11.4 Å². The van der Waals surface area contributed by atoms with Crippen molar-refractivity contribution in [1.82, 2.24) is 14.9 Å². The third-order valence-electron chi connectivity index (χ3n) is 5.31. The molecule has 29 heavy (non-hydrogen) atoms. The SMILES string of the molecule is Cc1ccc(C(=O)N2CCN(c3cc(C)nc(-c4cccc(C)c4)n3)CC2)cc1. The minimum atomic E-state index is 0.101. The summed E-state index contributed by atoms with van der Waals surface area (Å²) < 4.78 is 0. The van der Waals surface area contributed by atoms with Crippen molar-refractivity contribution in [2.45, 2.75) is 20.8 Å². The number of benzene rings is 2. The third kappa shape index (κ3) is 4.29. The number of aryl methyl sites for hydroxylation is 3. The van der Waals surface area contributed by atoms with Crippen molar-refractivity contribution < 1.29 is 4.79 Å². The van der Waals surface area contributed by atoms with E-state index < -0.39 is 0 Å². The van der Waals surface area contributed by atoms with Gasteiger partial charge in [0.15, 0.2) is 5.82 Å². The molecular formula is C24H26N4O. The van der Waals surface area contributed by atoms with Crippen LogP contribution >= 0.6 is 0 Å². The van der Waals surface area contributed by atoms with Crippen LogP contribution in [0.3, 0.4) is 0 Å². The molecule has 1 saturated heterocycles. The van der Waals surface area contributed by atoms with Gasteiger partial charge >= 0.3 is 0 Å². The van der Waals surface area contributed by atoms with Gasteiger partial charge in [0.05, 0.1) is 0 Å². The summed E-state index contributed by atoms with van der Waals surface area (Å²) in [4.78, 5) is 26.4. The lowest BCUT2D eigenvalue weighted by Crippen LogP contribution is -2.49. The Morgan fingerprint density at radius 3 is 2.24 bits per heavy atom. The normalized spacial score (nSPS) is 14.2. The van der Waals surface area contributed by atoms with Gasteiger partial charge in [-0.25, -0.2) is 9.97 Å². The van der Waals surface area contributed by atoms with Crippen LogP contribution in [0.4, 0.5) is 5.82 Å². The minimum absolute atomic E-state index is 0.101. The van der Waals surface area contributed by atoms with Crippen LogP contribution in [0.5, 0.6) is 0 Å². The van der Waals surface area contributed by atoms with E-state index >= 15 is 0 Å². The summed E-state index contributed by atoms with van der Waals surface area (Å²) >= 11 is 0. The highest BCUT2D eigenvalue weighted by atomic mass is 16.2. The molecule has 0 spiro atoms. The molecule has 1 amide bonds. The summed E-state index contributed by atoms with van der Waals surface area (Å²) in [5, 5.41) is 0. The molecule has 0 radical (unpaired) electrons. The third-order valence-corrected chi connectivity index (χ3v) is 5.31. The van der Waals surface area contributed by atoms with Gasteiger partial charge in [0.2, 0.25) is 0 Å². The largest absolute Gasteiger partial charge is 0.353 e. The highest BCUT2D eigenvalue weighted by Gasteiger charge is 2.23. The van der Waals surface area contributed by atoms with E-state index in [1.807, 2.05) is 61.2 Å². The molecule has 0 saturated carbocycles. The maximum absolute atomic E-state index is 12.8. The maximum atomic E-state index is 12.8. The summed E-state index contributed by atoms with van der Waals surface area (Å²) in [6, 6.07) is 18.1. The fourth-order valence-electron chi connectivity index (χ4n) is 3.64. The number of hydrogen-bond acceptors (Lipinski definition) is 4. The van der Waals surface area contributed by atoms with Gasteiger partial charge < -0.3 is 9.80 Å². The molecule has 4 rings (SSSR count). The van der Waals surface area contributed by atoms with Gasteiger partial charge in [-0.2, -0.15) is 0 Å². The predicted molar refractivity (Wildman–Crippen MR) is 116 cm³/mol. The zero-order valence-corrected chi connectivity index (χ0v) is 17.2. The van der Waals surface area contributed by atoms with Gasteiger partial charge in [0.25, 0.3) is 5.91 Å². The second-order valence-electron chi connectivity index (χ2n) is 7.71. The Kier molecular flexibility index (Phi) is 5.30. The molecule has 3 aromatic rings. The number of carbonyl (C=O) groups is 1. The van der Waals surface area contributed by atoms with Gasteiger partial charge in [-0.05, 0) is 39.0 Å². The molecule has 1 aromatic heterocycles. The van der Waals surface area contributed by atoms with Crippen LogP contribution in [0.15, 0.2) is 54.6 Å². The number of nitrogens with zero attached hydrogens (tertiary/aromatic N) is 4. The molecule has 0 aliphatic carbocycles. The molecule has 5 heteroatoms. The molecular weight excluding hydrogens is 360 g/mol. The Morgan fingerprint density at radius 1 is 0.828 bits per heavy atom. The molecule has 0 N–H and O–H groups in total. The topological polar surface area (TPSA) is 49.3 Å². The molecule has 0 unspecified atom stereocenters. The first-order chi connectivity index (χ1) is 14.0. The van der Waals surface area contributed by atoms with E-state index in [-0.39, 0.29) is 5.91 Å². The van der Waals surface area contributed by atoms with E-state index in [9.17, 15) is 4.79 Å². The average Bonchev–Trinajstić information content (AvgIpc) is 2.73. The first-order valence-corrected chi connectivity index (χ1v) is 10.0. The summed E-state index contributed by atoms with van der Waals surface area (Å²) in [7, 11) is 0. The zero-order valence-electron chi connectivity index (χ0n) is 17.2. The lowest BCUT2D eigenvalue weighted by molar-refractivity contribution is 0.0746. The zero-order chi connectivity index (χ0) is 20.4. The van der Waals surface area contributed by atoms with Crippen LogP contribution in [0, 0.1) is 20.8 Å². The molecule has 1 aliphatic rings. The molecule has 1 aliphatic heterocycles. The second kappa shape index (κ2) is 8.03. The highest BCUT2D eigenvalue weighted by molar-refractivity contribution is 5.94. The van der Waals surface area contributed by atoms with E-state index in [0.29, 0.717) is 13.1 Å². The van der Waals surface area contributed by atoms with Crippen molar-refractivity contribution >= 4 is 11.7 Å². The van der Waals surface area contributed by atoms with Gasteiger partial charge in [-0.3, -0.25) is 4.79 Å². The molecule has 2 heterocycles. The summed E-state index contributed by atoms with van der Waals surface area (Å²) in [6.07, 6.45) is 0. The first kappa shape index (κ1) is 19.1. The molecule has 0 bridgehead atoms. The van der Waals surface area contributed by atoms with Crippen LogP contribution in [-0.4, -0.2) is 47.0 Å². The van der Waals surface area contributed by atoms with Gasteiger partial charge in [-0.15, -0.1) is 0 Å². The number of hydrogen-bond donors (Lipinski definition) is 0. The van der Waals surface area contributed by atoms with E-state index in [0.717, 1.165) is 47.1 Å². The van der Waals surface area contributed by atoms with Crippen molar-refractivity contribution in [2.24, 2.45) is 0 Å². The molecule has 0 atom stereocenters. The first-order valence-electron chi connectivity index (χ1n) is 10.0. The van der Waals surface area contributed by atoms with E-state index in [4.69, 9.17) is 4.98 Å². The second-order valence-corrected chi connectivity index (χ2v) is 7.71. The van der Waals surface area contributed by atoms with Gasteiger partial charge in [0.1, 0.15) is 5.82 Å². The van der Waals surface area contributed by atoms with Crippen molar-refractivity contribution in [1.29, 1.82) is 0 Å². The Bertz CT molecular complexity index is 1020. The molecule has 1 fully saturated rings. The highest BCUT2D eigenvalue weighted by Crippen LogP contribution is 2.22. The fraction of sp³-hybridized carbons (Fsp3) is 0.292. The van der Waals surface area contributed by atoms with Crippen molar-refractivity contribution in [3.05, 3.63) is 77.0 Å². The van der Waals surface area contributed by atoms with Crippen LogP contribution in [0.2, 0.25) is 0 Å². The Hall–Kier alpha value is -3.21. The van der Waals surface area contributed by atoms with Crippen LogP contribution < -0.4 is 4.90 Å². The number of aromatic nitrogens is 2. The predicted octanol–water partition coefficient (Wildman–Crippen LogP) is 4.03. The number of rotatable bonds is 3. The van der Waals surface area contributed by atoms with Gasteiger partial charge in [-0.1, -0.05) is 41.5 Å². The number of anilines is 1. The maximum Gasteiger partial charge on any atom is 0.253 e.